The van der Waals surface area contributed by atoms with Crippen LogP contribution in [-0.2, 0) is 9.63 Å². The molecule has 0 atom stereocenters. The molecule has 0 heterocycles. The Kier molecular flexibility index (Phi) is 15.4. The van der Waals surface area contributed by atoms with Gasteiger partial charge in [0.2, 0.25) is 0 Å². The zero-order valence-electron chi connectivity index (χ0n) is 14.7. The van der Waals surface area contributed by atoms with E-state index in [0.29, 0.717) is 6.42 Å². The Morgan fingerprint density at radius 2 is 1.19 bits per heavy atom. The zero-order valence-corrected chi connectivity index (χ0v) is 14.7. The molecule has 0 N–H and O–H groups in total. The maximum absolute atomic E-state index is 11.9. The lowest BCUT2D eigenvalue weighted by Gasteiger charge is -2.20. The number of unbranched alkanes of at least 4 members (excludes halogenated alkanes) is 8. The minimum absolute atomic E-state index is 0.0456. The van der Waals surface area contributed by atoms with Crippen molar-refractivity contribution >= 4 is 5.97 Å². The summed E-state index contributed by atoms with van der Waals surface area (Å²) in [4.78, 5) is 17.3. The van der Waals surface area contributed by atoms with Crippen LogP contribution in [0.2, 0.25) is 0 Å². The van der Waals surface area contributed by atoms with Crippen LogP contribution in [0.15, 0.2) is 0 Å². The largest absolute Gasteiger partial charge is 0.368 e. The summed E-state index contributed by atoms with van der Waals surface area (Å²) in [5.41, 5.74) is 0. The van der Waals surface area contributed by atoms with E-state index in [0.717, 1.165) is 51.6 Å². The fraction of sp³-hybridized carbons (Fsp3) is 0.944. The highest BCUT2D eigenvalue weighted by molar-refractivity contribution is 5.68. The van der Waals surface area contributed by atoms with Gasteiger partial charge in [0.25, 0.3) is 0 Å². The molecule has 0 aromatic heterocycles. The molecule has 0 aliphatic carbocycles. The molecular weight excluding hydrogens is 262 g/mol. The van der Waals surface area contributed by atoms with Crippen molar-refractivity contribution in [2.45, 2.75) is 97.8 Å². The van der Waals surface area contributed by atoms with E-state index in [1.165, 1.54) is 32.1 Å². The lowest BCUT2D eigenvalue weighted by Crippen LogP contribution is -2.29. The Morgan fingerprint density at radius 3 is 1.71 bits per heavy atom. The first-order valence-corrected chi connectivity index (χ1v) is 9.20. The van der Waals surface area contributed by atoms with Crippen molar-refractivity contribution in [3.05, 3.63) is 0 Å². The molecule has 21 heavy (non-hydrogen) atoms. The summed E-state index contributed by atoms with van der Waals surface area (Å²) in [5, 5.41) is 1.87. The highest BCUT2D eigenvalue weighted by Gasteiger charge is 2.10. The molecule has 0 unspecified atom stereocenters. The van der Waals surface area contributed by atoms with Crippen LogP contribution in [0.3, 0.4) is 0 Å². The third-order valence-corrected chi connectivity index (χ3v) is 3.74. The van der Waals surface area contributed by atoms with Gasteiger partial charge in [0.15, 0.2) is 0 Å². The van der Waals surface area contributed by atoms with E-state index in [2.05, 4.69) is 20.8 Å². The molecule has 3 nitrogen and oxygen atoms in total. The van der Waals surface area contributed by atoms with Gasteiger partial charge in [0, 0.05) is 19.5 Å². The minimum atomic E-state index is -0.0456. The number of carbonyl (C=O) groups excluding carboxylic acids is 1. The van der Waals surface area contributed by atoms with E-state index in [4.69, 9.17) is 4.84 Å². The highest BCUT2D eigenvalue weighted by Crippen LogP contribution is 2.09. The maximum atomic E-state index is 11.9. The molecule has 0 amide bonds. The van der Waals surface area contributed by atoms with Gasteiger partial charge >= 0.3 is 5.97 Å². The lowest BCUT2D eigenvalue weighted by molar-refractivity contribution is -0.191. The standard InChI is InChI=1S/C18H37NO2/c1-4-7-10-11-12-13-14-15-18(20)21-19(16-8-5-2)17-9-6-3/h4-17H2,1-3H3. The topological polar surface area (TPSA) is 29.5 Å². The van der Waals surface area contributed by atoms with Crippen LogP contribution in [0.25, 0.3) is 0 Å². The fourth-order valence-corrected chi connectivity index (χ4v) is 2.29. The zero-order chi connectivity index (χ0) is 15.8. The van der Waals surface area contributed by atoms with Gasteiger partial charge in [0.05, 0.1) is 0 Å². The van der Waals surface area contributed by atoms with Crippen LogP contribution in [-0.4, -0.2) is 24.1 Å². The summed E-state index contributed by atoms with van der Waals surface area (Å²) in [6.45, 7) is 8.31. The molecular formula is C18H37NO2. The van der Waals surface area contributed by atoms with Crippen molar-refractivity contribution in [2.75, 3.05) is 13.1 Å². The van der Waals surface area contributed by atoms with Gasteiger partial charge < -0.3 is 4.84 Å². The van der Waals surface area contributed by atoms with Gasteiger partial charge in [-0.15, -0.1) is 5.06 Å². The molecule has 0 aromatic carbocycles. The molecule has 0 saturated carbocycles. The van der Waals surface area contributed by atoms with Gasteiger partial charge in [-0.1, -0.05) is 72.1 Å². The van der Waals surface area contributed by atoms with Crippen LogP contribution in [0.5, 0.6) is 0 Å². The number of rotatable bonds is 15. The second-order valence-electron chi connectivity index (χ2n) is 5.97. The van der Waals surface area contributed by atoms with E-state index >= 15 is 0 Å². The van der Waals surface area contributed by atoms with Crippen molar-refractivity contribution in [3.63, 3.8) is 0 Å². The molecule has 0 radical (unpaired) electrons. The van der Waals surface area contributed by atoms with Crippen LogP contribution >= 0.6 is 0 Å². The molecule has 0 aliphatic heterocycles. The molecule has 0 aliphatic rings. The second kappa shape index (κ2) is 15.8. The van der Waals surface area contributed by atoms with Crippen LogP contribution in [0.4, 0.5) is 0 Å². The van der Waals surface area contributed by atoms with Gasteiger partial charge in [0.1, 0.15) is 0 Å². The van der Waals surface area contributed by atoms with Gasteiger partial charge in [-0.3, -0.25) is 4.79 Å². The molecule has 0 bridgehead atoms. The Bertz CT molecular complexity index is 223. The van der Waals surface area contributed by atoms with Crippen LogP contribution in [0, 0.1) is 0 Å². The minimum Gasteiger partial charge on any atom is -0.368 e. The van der Waals surface area contributed by atoms with E-state index in [1.807, 2.05) is 5.06 Å². The lowest BCUT2D eigenvalue weighted by atomic mass is 10.1. The van der Waals surface area contributed by atoms with E-state index in [1.54, 1.807) is 0 Å². The molecule has 0 spiro atoms. The van der Waals surface area contributed by atoms with Crippen molar-refractivity contribution in [1.29, 1.82) is 0 Å². The first-order valence-electron chi connectivity index (χ1n) is 9.20. The Labute approximate surface area is 132 Å². The number of carbonyl (C=O) groups is 1. The number of hydrogen-bond acceptors (Lipinski definition) is 3. The average molecular weight is 299 g/mol. The summed E-state index contributed by atoms with van der Waals surface area (Å²) in [7, 11) is 0. The molecule has 3 heteroatoms. The van der Waals surface area contributed by atoms with Crippen LogP contribution < -0.4 is 0 Å². The molecule has 0 rings (SSSR count). The van der Waals surface area contributed by atoms with Crippen molar-refractivity contribution < 1.29 is 9.63 Å². The smallest absolute Gasteiger partial charge is 0.325 e. The predicted molar refractivity (Wildman–Crippen MR) is 90.1 cm³/mol. The van der Waals surface area contributed by atoms with Crippen molar-refractivity contribution in [3.8, 4) is 0 Å². The monoisotopic (exact) mass is 299 g/mol. The summed E-state index contributed by atoms with van der Waals surface area (Å²) >= 11 is 0. The Balaban J connectivity index is 3.66. The van der Waals surface area contributed by atoms with Crippen molar-refractivity contribution in [1.82, 2.24) is 5.06 Å². The SMILES string of the molecule is CCCCCCCCCC(=O)ON(CCCC)CCCC. The van der Waals surface area contributed by atoms with Gasteiger partial charge in [-0.2, -0.15) is 0 Å². The molecule has 126 valence electrons. The average Bonchev–Trinajstić information content (AvgIpc) is 2.49. The third-order valence-electron chi connectivity index (χ3n) is 3.74. The van der Waals surface area contributed by atoms with E-state index in [9.17, 15) is 4.79 Å². The van der Waals surface area contributed by atoms with Crippen molar-refractivity contribution in [2.24, 2.45) is 0 Å². The normalized spacial score (nSPS) is 11.0. The second-order valence-corrected chi connectivity index (χ2v) is 5.97. The fourth-order valence-electron chi connectivity index (χ4n) is 2.29. The summed E-state index contributed by atoms with van der Waals surface area (Å²) < 4.78 is 0. The summed E-state index contributed by atoms with van der Waals surface area (Å²) in [6, 6.07) is 0. The van der Waals surface area contributed by atoms with Crippen LogP contribution in [0.1, 0.15) is 97.8 Å². The first-order chi connectivity index (χ1) is 10.2. The summed E-state index contributed by atoms with van der Waals surface area (Å²) in [6.07, 6.45) is 13.7. The Hall–Kier alpha value is -0.570. The quantitative estimate of drug-likeness (QED) is 0.296. The predicted octanol–water partition coefficient (Wildman–Crippen LogP) is 5.49. The van der Waals surface area contributed by atoms with E-state index in [-0.39, 0.29) is 5.97 Å². The highest BCUT2D eigenvalue weighted by atomic mass is 16.7. The number of nitrogens with zero attached hydrogens (tertiary/aromatic N) is 1. The number of hydroxylamine groups is 2. The Morgan fingerprint density at radius 1 is 0.714 bits per heavy atom. The molecule has 0 fully saturated rings. The van der Waals surface area contributed by atoms with Gasteiger partial charge in [-0.25, -0.2) is 0 Å². The van der Waals surface area contributed by atoms with Gasteiger partial charge in [-0.05, 0) is 19.3 Å². The molecule has 0 aromatic rings. The maximum Gasteiger partial charge on any atom is 0.325 e. The van der Waals surface area contributed by atoms with E-state index < -0.39 is 0 Å². The molecule has 0 saturated heterocycles. The summed E-state index contributed by atoms with van der Waals surface area (Å²) in [5.74, 6) is -0.0456. The third kappa shape index (κ3) is 14.1. The number of hydrogen-bond donors (Lipinski definition) is 0. The first kappa shape index (κ1) is 20.4.